The summed E-state index contributed by atoms with van der Waals surface area (Å²) in [6, 6.07) is 7.31. The summed E-state index contributed by atoms with van der Waals surface area (Å²) in [6.45, 7) is 1.72. The van der Waals surface area contributed by atoms with Gasteiger partial charge in [-0.1, -0.05) is 18.0 Å². The Morgan fingerprint density at radius 3 is 2.64 bits per heavy atom. The van der Waals surface area contributed by atoms with Crippen LogP contribution in [0.3, 0.4) is 0 Å². The van der Waals surface area contributed by atoms with Gasteiger partial charge in [0.2, 0.25) is 5.88 Å². The van der Waals surface area contributed by atoms with Crippen LogP contribution in [-0.4, -0.2) is 27.8 Å². The zero-order valence-electron chi connectivity index (χ0n) is 20.3. The molecular formula is C26H27FN6O3. The number of anilines is 3. The molecule has 1 aliphatic rings. The van der Waals surface area contributed by atoms with Crippen molar-refractivity contribution < 1.29 is 13.7 Å². The van der Waals surface area contributed by atoms with Gasteiger partial charge in [-0.25, -0.2) is 14.2 Å². The summed E-state index contributed by atoms with van der Waals surface area (Å²) in [4.78, 5) is 30.1. The van der Waals surface area contributed by atoms with Gasteiger partial charge in [-0.15, -0.1) is 0 Å². The molecule has 3 aromatic heterocycles. The molecule has 1 fully saturated rings. The number of fused-ring (bicyclic) bond motifs is 1. The van der Waals surface area contributed by atoms with Crippen LogP contribution in [0.25, 0.3) is 22.0 Å². The van der Waals surface area contributed by atoms with Gasteiger partial charge in [0, 0.05) is 49.3 Å². The van der Waals surface area contributed by atoms with Gasteiger partial charge in [0.25, 0.3) is 5.56 Å². The molecule has 36 heavy (non-hydrogen) atoms. The zero-order chi connectivity index (χ0) is 25.4. The molecule has 2 amide bonds. The maximum Gasteiger partial charge on any atom is 0.326 e. The topological polar surface area (TPSA) is 114 Å². The second-order valence-corrected chi connectivity index (χ2v) is 9.12. The fraction of sp³-hybridized carbons (Fsp3) is 0.308. The van der Waals surface area contributed by atoms with Crippen molar-refractivity contribution in [1.82, 2.24) is 14.7 Å². The number of rotatable bonds is 5. The van der Waals surface area contributed by atoms with Crippen LogP contribution in [0.4, 0.5) is 26.6 Å². The molecule has 1 aromatic carbocycles. The number of nitrogens with one attached hydrogen (secondary N) is 3. The maximum absolute atomic E-state index is 14.8. The standard InChI is InChI=1S/C26H27FN6O3/c1-14-8-19(27)21(30-26(35)31-24-11-20(32-36-24)15-6-4-5-7-15)10-17(14)18-9-16-13-29-23(28-2)12-22(16)33(3)25(18)34/h8-13,15H,4-7H2,1-3H3,(H,28,29)(H2,30,31,35). The highest BCUT2D eigenvalue weighted by Crippen LogP contribution is 2.34. The highest BCUT2D eigenvalue weighted by molar-refractivity contribution is 5.99. The molecule has 186 valence electrons. The van der Waals surface area contributed by atoms with E-state index in [1.54, 1.807) is 45.4 Å². The van der Waals surface area contributed by atoms with E-state index in [0.717, 1.165) is 36.8 Å². The quantitative estimate of drug-likeness (QED) is 0.346. The average Bonchev–Trinajstić information content (AvgIpc) is 3.55. The smallest absolute Gasteiger partial charge is 0.326 e. The summed E-state index contributed by atoms with van der Waals surface area (Å²) >= 11 is 0. The number of benzene rings is 1. The Hall–Kier alpha value is -4.21. The fourth-order valence-electron chi connectivity index (χ4n) is 4.78. The molecule has 9 nitrogen and oxygen atoms in total. The Balaban J connectivity index is 1.43. The Morgan fingerprint density at radius 1 is 1.11 bits per heavy atom. The zero-order valence-corrected chi connectivity index (χ0v) is 20.3. The van der Waals surface area contributed by atoms with Crippen molar-refractivity contribution in [2.24, 2.45) is 7.05 Å². The molecule has 0 unspecified atom stereocenters. The van der Waals surface area contributed by atoms with E-state index >= 15 is 0 Å². The number of carbonyl (C=O) groups is 1. The van der Waals surface area contributed by atoms with Crippen LogP contribution in [0.1, 0.15) is 42.9 Å². The number of amides is 2. The molecule has 0 bridgehead atoms. The third-order valence-corrected chi connectivity index (χ3v) is 6.76. The highest BCUT2D eigenvalue weighted by Gasteiger charge is 2.22. The third-order valence-electron chi connectivity index (χ3n) is 6.76. The highest BCUT2D eigenvalue weighted by atomic mass is 19.1. The van der Waals surface area contributed by atoms with Crippen molar-refractivity contribution in [2.45, 2.75) is 38.5 Å². The fourth-order valence-corrected chi connectivity index (χ4v) is 4.78. The molecule has 4 aromatic rings. The van der Waals surface area contributed by atoms with E-state index < -0.39 is 11.8 Å². The summed E-state index contributed by atoms with van der Waals surface area (Å²) < 4.78 is 21.6. The first-order valence-corrected chi connectivity index (χ1v) is 11.9. The first-order chi connectivity index (χ1) is 17.3. The van der Waals surface area contributed by atoms with Crippen molar-refractivity contribution in [1.29, 1.82) is 0 Å². The number of halogens is 1. The van der Waals surface area contributed by atoms with Gasteiger partial charge in [-0.2, -0.15) is 0 Å². The van der Waals surface area contributed by atoms with Crippen LogP contribution in [0.5, 0.6) is 0 Å². The largest absolute Gasteiger partial charge is 0.373 e. The van der Waals surface area contributed by atoms with Crippen molar-refractivity contribution in [3.63, 3.8) is 0 Å². The lowest BCUT2D eigenvalue weighted by atomic mass is 9.99. The van der Waals surface area contributed by atoms with E-state index in [0.29, 0.717) is 33.9 Å². The monoisotopic (exact) mass is 490 g/mol. The van der Waals surface area contributed by atoms with E-state index in [1.165, 1.54) is 16.7 Å². The Kier molecular flexibility index (Phi) is 6.17. The van der Waals surface area contributed by atoms with Gasteiger partial charge in [-0.05, 0) is 49.1 Å². The molecule has 0 saturated heterocycles. The van der Waals surface area contributed by atoms with Gasteiger partial charge < -0.3 is 19.7 Å². The molecule has 1 aliphatic carbocycles. The molecule has 3 N–H and O–H groups in total. The number of urea groups is 1. The number of aromatic nitrogens is 3. The second-order valence-electron chi connectivity index (χ2n) is 9.12. The molecule has 3 heterocycles. The van der Waals surface area contributed by atoms with Crippen molar-refractivity contribution >= 4 is 34.3 Å². The molecule has 0 aliphatic heterocycles. The normalized spacial score (nSPS) is 13.8. The first kappa shape index (κ1) is 23.5. The number of carbonyl (C=O) groups excluding carboxylic acids is 1. The van der Waals surface area contributed by atoms with Crippen molar-refractivity contribution in [3.05, 3.63) is 64.0 Å². The van der Waals surface area contributed by atoms with Crippen LogP contribution >= 0.6 is 0 Å². The number of hydrogen-bond acceptors (Lipinski definition) is 6. The van der Waals surface area contributed by atoms with E-state index in [9.17, 15) is 14.0 Å². The van der Waals surface area contributed by atoms with Crippen LogP contribution in [0.2, 0.25) is 0 Å². The lowest BCUT2D eigenvalue weighted by molar-refractivity contribution is 0.261. The van der Waals surface area contributed by atoms with Crippen LogP contribution in [0, 0.1) is 12.7 Å². The van der Waals surface area contributed by atoms with Crippen molar-refractivity contribution in [3.8, 4) is 11.1 Å². The molecule has 5 rings (SSSR count). The Morgan fingerprint density at radius 2 is 1.89 bits per heavy atom. The maximum atomic E-state index is 14.8. The number of hydrogen-bond donors (Lipinski definition) is 3. The van der Waals surface area contributed by atoms with E-state index in [-0.39, 0.29) is 17.1 Å². The van der Waals surface area contributed by atoms with Gasteiger partial charge in [0.1, 0.15) is 11.6 Å². The van der Waals surface area contributed by atoms with Gasteiger partial charge in [0.15, 0.2) is 0 Å². The molecular weight excluding hydrogens is 463 g/mol. The average molecular weight is 491 g/mol. The van der Waals surface area contributed by atoms with Gasteiger partial charge >= 0.3 is 6.03 Å². The molecule has 0 radical (unpaired) electrons. The van der Waals surface area contributed by atoms with Crippen LogP contribution < -0.4 is 21.5 Å². The minimum absolute atomic E-state index is 0.0607. The molecule has 10 heteroatoms. The minimum atomic E-state index is -0.673. The first-order valence-electron chi connectivity index (χ1n) is 11.9. The molecule has 1 saturated carbocycles. The summed E-state index contributed by atoms with van der Waals surface area (Å²) in [5.41, 5.74) is 2.67. The summed E-state index contributed by atoms with van der Waals surface area (Å²) in [5.74, 6) is 0.560. The lowest BCUT2D eigenvalue weighted by Gasteiger charge is -2.14. The predicted octanol–water partition coefficient (Wildman–Crippen LogP) is 5.38. The van der Waals surface area contributed by atoms with Gasteiger partial charge in [-0.3, -0.25) is 10.1 Å². The minimum Gasteiger partial charge on any atom is -0.373 e. The summed E-state index contributed by atoms with van der Waals surface area (Å²) in [6.07, 6.45) is 6.09. The van der Waals surface area contributed by atoms with E-state index in [2.05, 4.69) is 26.1 Å². The summed E-state index contributed by atoms with van der Waals surface area (Å²) in [7, 11) is 3.43. The van der Waals surface area contributed by atoms with E-state index in [1.807, 2.05) is 0 Å². The number of pyridine rings is 2. The number of aryl methyl sites for hydroxylation is 2. The molecule has 0 atom stereocenters. The van der Waals surface area contributed by atoms with E-state index in [4.69, 9.17) is 4.52 Å². The van der Waals surface area contributed by atoms with Crippen molar-refractivity contribution in [2.75, 3.05) is 23.0 Å². The lowest BCUT2D eigenvalue weighted by Crippen LogP contribution is -2.21. The van der Waals surface area contributed by atoms with Crippen LogP contribution in [0.15, 0.2) is 45.8 Å². The second kappa shape index (κ2) is 9.44. The SMILES string of the molecule is CNc1cc2c(cn1)cc(-c1cc(NC(=O)Nc3cc(C4CCCC4)no3)c(F)cc1C)c(=O)n2C. The Bertz CT molecular complexity index is 1520. The van der Waals surface area contributed by atoms with Crippen LogP contribution in [-0.2, 0) is 7.05 Å². The number of nitrogens with zero attached hydrogens (tertiary/aromatic N) is 3. The Labute approximate surface area is 206 Å². The predicted molar refractivity (Wildman–Crippen MR) is 137 cm³/mol. The van der Waals surface area contributed by atoms with Gasteiger partial charge in [0.05, 0.1) is 16.9 Å². The third kappa shape index (κ3) is 4.41. The molecule has 0 spiro atoms. The summed E-state index contributed by atoms with van der Waals surface area (Å²) in [5, 5.41) is 12.9.